The van der Waals surface area contributed by atoms with Gasteiger partial charge < -0.3 is 16.4 Å². The fraction of sp³-hybridized carbons (Fsp3) is 0.357. The zero-order valence-corrected chi connectivity index (χ0v) is 13.6. The van der Waals surface area contributed by atoms with Gasteiger partial charge in [0.05, 0.1) is 0 Å². The second-order valence-corrected chi connectivity index (χ2v) is 5.11. The lowest BCUT2D eigenvalue weighted by atomic mass is 10.1. The molecule has 6 N–H and O–H groups in total. The van der Waals surface area contributed by atoms with E-state index in [-0.39, 0.29) is 18.9 Å². The number of rotatable bonds is 8. The van der Waals surface area contributed by atoms with Crippen molar-refractivity contribution >= 4 is 17.8 Å². The van der Waals surface area contributed by atoms with Gasteiger partial charge >= 0.3 is 0 Å². The molecule has 0 fully saturated rings. The number of hydroxylamine groups is 1. The Morgan fingerprint density at radius 3 is 2.68 bits per heavy atom. The van der Waals surface area contributed by atoms with E-state index in [0.29, 0.717) is 12.0 Å². The van der Waals surface area contributed by atoms with E-state index in [1.54, 1.807) is 31.2 Å². The number of nitro groups is 1. The second-order valence-electron chi connectivity index (χ2n) is 5.11. The van der Waals surface area contributed by atoms with Crippen molar-refractivity contribution in [3.8, 4) is 0 Å². The third-order valence-electron chi connectivity index (χ3n) is 3.29. The zero-order valence-electron chi connectivity index (χ0n) is 13.6. The van der Waals surface area contributed by atoms with Crippen molar-refractivity contribution in [2.45, 2.75) is 25.8 Å². The van der Waals surface area contributed by atoms with Gasteiger partial charge in [-0.25, -0.2) is 15.6 Å². The smallest absolute Gasteiger partial charge is 0.266 e. The molecule has 11 nitrogen and oxygen atoms in total. The highest BCUT2D eigenvalue weighted by molar-refractivity contribution is 5.98. The minimum atomic E-state index is -0.979. The Kier molecular flexibility index (Phi) is 7.79. The average Bonchev–Trinajstić information content (AvgIpc) is 2.56. The normalized spacial score (nSPS) is 12.2. The minimum absolute atomic E-state index is 0.169. The fourth-order valence-electron chi connectivity index (χ4n) is 2.06. The second kappa shape index (κ2) is 9.82. The Morgan fingerprint density at radius 1 is 1.40 bits per heavy atom. The highest BCUT2D eigenvalue weighted by Crippen LogP contribution is 2.08. The molecule has 25 heavy (non-hydrogen) atoms. The summed E-state index contributed by atoms with van der Waals surface area (Å²) in [5.74, 6) is -1.58. The van der Waals surface area contributed by atoms with Crippen molar-refractivity contribution in [2.24, 2.45) is 10.8 Å². The molecule has 0 aliphatic rings. The van der Waals surface area contributed by atoms with Crippen LogP contribution in [0.4, 0.5) is 0 Å². The van der Waals surface area contributed by atoms with Crippen LogP contribution in [0.2, 0.25) is 0 Å². The summed E-state index contributed by atoms with van der Waals surface area (Å²) < 4.78 is 0. The highest BCUT2D eigenvalue weighted by atomic mass is 16.7. The van der Waals surface area contributed by atoms with E-state index in [1.165, 1.54) is 5.48 Å². The largest absolute Gasteiger partial charge is 0.365 e. The third-order valence-corrected chi connectivity index (χ3v) is 3.29. The van der Waals surface area contributed by atoms with Crippen LogP contribution in [0, 0.1) is 17.0 Å². The first-order valence-corrected chi connectivity index (χ1v) is 7.38. The fourth-order valence-corrected chi connectivity index (χ4v) is 2.06. The number of hydrazone groups is 1. The Balaban J connectivity index is 2.60. The molecule has 1 aromatic carbocycles. The summed E-state index contributed by atoms with van der Waals surface area (Å²) in [5, 5.41) is 25.9. The highest BCUT2D eigenvalue weighted by Gasteiger charge is 2.21. The Hall–Kier alpha value is -3.21. The molecule has 1 aromatic rings. The topological polar surface area (TPSA) is 172 Å². The van der Waals surface area contributed by atoms with E-state index < -0.39 is 22.9 Å². The number of carbonyl (C=O) groups excluding carboxylic acids is 2. The van der Waals surface area contributed by atoms with Crippen molar-refractivity contribution in [3.63, 3.8) is 0 Å². The number of nitrogens with zero attached hydrogens (tertiary/aromatic N) is 2. The van der Waals surface area contributed by atoms with Crippen LogP contribution < -0.4 is 21.8 Å². The lowest BCUT2D eigenvalue weighted by molar-refractivity contribution is -0.485. The molecule has 11 heteroatoms. The summed E-state index contributed by atoms with van der Waals surface area (Å²) >= 11 is 0. The maximum Gasteiger partial charge on any atom is 0.266 e. The molecule has 0 aliphatic carbocycles. The number of carbonyl (C=O) groups is 2. The Bertz CT molecular complexity index is 663. The number of hydrogen-bond acceptors (Lipinski definition) is 5. The lowest BCUT2D eigenvalue weighted by Gasteiger charge is -2.17. The predicted octanol–water partition coefficient (Wildman–Crippen LogP) is -0.525. The van der Waals surface area contributed by atoms with Crippen LogP contribution in [0.15, 0.2) is 29.4 Å². The van der Waals surface area contributed by atoms with Crippen LogP contribution in [0.5, 0.6) is 0 Å². The summed E-state index contributed by atoms with van der Waals surface area (Å²) in [6, 6.07) is 5.89. The molecule has 0 saturated heterocycles. The molecule has 0 spiro atoms. The van der Waals surface area contributed by atoms with E-state index in [1.807, 2.05) is 0 Å². The molecule has 1 atom stereocenters. The molecule has 136 valence electrons. The van der Waals surface area contributed by atoms with Gasteiger partial charge in [-0.05, 0) is 31.4 Å². The molecule has 0 aliphatic heterocycles. The monoisotopic (exact) mass is 352 g/mol. The molecule has 0 unspecified atom stereocenters. The molecule has 2 amide bonds. The lowest BCUT2D eigenvalue weighted by Crippen LogP contribution is -2.46. The number of nitrogens with two attached hydrogens (primary N) is 1. The van der Waals surface area contributed by atoms with E-state index in [9.17, 15) is 19.7 Å². The van der Waals surface area contributed by atoms with Crippen LogP contribution in [-0.4, -0.2) is 40.6 Å². The van der Waals surface area contributed by atoms with Crippen molar-refractivity contribution in [3.05, 3.63) is 45.5 Å². The molecular formula is C14H20N6O5. The van der Waals surface area contributed by atoms with Crippen molar-refractivity contribution < 1.29 is 19.8 Å². The molecule has 0 saturated carbocycles. The van der Waals surface area contributed by atoms with Gasteiger partial charge in [0.1, 0.15) is 11.1 Å². The van der Waals surface area contributed by atoms with Crippen LogP contribution in [-0.2, 0) is 4.79 Å². The molecule has 0 heterocycles. The Morgan fingerprint density at radius 2 is 2.08 bits per heavy atom. The van der Waals surface area contributed by atoms with Gasteiger partial charge in [0.25, 0.3) is 17.8 Å². The minimum Gasteiger partial charge on any atom is -0.365 e. The van der Waals surface area contributed by atoms with Crippen molar-refractivity contribution in [2.75, 3.05) is 6.54 Å². The first kappa shape index (κ1) is 19.8. The number of benzene rings is 1. The van der Waals surface area contributed by atoms with Gasteiger partial charge in [-0.15, -0.1) is 0 Å². The van der Waals surface area contributed by atoms with Crippen LogP contribution in [0.1, 0.15) is 28.8 Å². The van der Waals surface area contributed by atoms with Gasteiger partial charge in [-0.3, -0.25) is 14.8 Å². The van der Waals surface area contributed by atoms with Crippen LogP contribution >= 0.6 is 0 Å². The first-order valence-electron chi connectivity index (χ1n) is 7.38. The molecule has 0 radical (unpaired) electrons. The van der Waals surface area contributed by atoms with Gasteiger partial charge in [0, 0.05) is 12.1 Å². The van der Waals surface area contributed by atoms with Crippen LogP contribution in [0.3, 0.4) is 0 Å². The van der Waals surface area contributed by atoms with Gasteiger partial charge in [-0.2, -0.15) is 0 Å². The molecular weight excluding hydrogens is 332 g/mol. The summed E-state index contributed by atoms with van der Waals surface area (Å²) in [4.78, 5) is 34.1. The van der Waals surface area contributed by atoms with Crippen molar-refractivity contribution in [1.82, 2.24) is 16.1 Å². The molecule has 1 rings (SSSR count). The summed E-state index contributed by atoms with van der Waals surface area (Å²) in [7, 11) is 0. The first-order chi connectivity index (χ1) is 11.8. The predicted molar refractivity (Wildman–Crippen MR) is 88.2 cm³/mol. The van der Waals surface area contributed by atoms with E-state index in [0.717, 1.165) is 5.56 Å². The quantitative estimate of drug-likeness (QED) is 0.104. The molecule has 0 aromatic heterocycles. The maximum atomic E-state index is 12.3. The van der Waals surface area contributed by atoms with E-state index >= 15 is 0 Å². The van der Waals surface area contributed by atoms with E-state index in [4.69, 9.17) is 10.9 Å². The van der Waals surface area contributed by atoms with Gasteiger partial charge in [0.2, 0.25) is 0 Å². The van der Waals surface area contributed by atoms with Gasteiger partial charge in [0.15, 0.2) is 5.03 Å². The Labute approximate surface area is 143 Å². The number of aryl methyl sites for hydroxylation is 1. The zero-order chi connectivity index (χ0) is 18.8. The third kappa shape index (κ3) is 6.83. The number of amides is 2. The van der Waals surface area contributed by atoms with Crippen LogP contribution in [0.25, 0.3) is 0 Å². The number of guanidine groups is 1. The summed E-state index contributed by atoms with van der Waals surface area (Å²) in [5.41, 5.74) is 7.92. The number of nitrogens with one attached hydrogen (secondary N) is 3. The average molecular weight is 352 g/mol. The standard InChI is InChI=1S/C14H20N6O5/c1-9-5-2-3-6-10(9)12(21)17-11(13(22)19-23)7-4-8-16-14(15)18-20(24)25/h2-3,5-6,11,23H,4,7-8H2,1H3,(H,17,21)(H,19,22)(H3,15,16,18)/t11-/m0/s1. The van der Waals surface area contributed by atoms with Gasteiger partial charge in [-0.1, -0.05) is 18.2 Å². The number of hydrogen-bond donors (Lipinski definition) is 5. The maximum absolute atomic E-state index is 12.3. The van der Waals surface area contributed by atoms with Crippen molar-refractivity contribution in [1.29, 1.82) is 0 Å². The molecule has 0 bridgehead atoms. The summed E-state index contributed by atoms with van der Waals surface area (Å²) in [6.07, 6.45) is 0.503. The SMILES string of the molecule is Cc1ccccc1C(=O)N[C@@H](CCCN/C(N)=N/[N+](=O)[O-])C(=O)NO. The summed E-state index contributed by atoms with van der Waals surface area (Å²) in [6.45, 7) is 1.95. The van der Waals surface area contributed by atoms with E-state index in [2.05, 4.69) is 15.7 Å².